The molecular weight excluding hydrogens is 476 g/mol. The van der Waals surface area contributed by atoms with Crippen molar-refractivity contribution in [2.75, 3.05) is 7.11 Å². The molecule has 1 aromatic carbocycles. The first-order valence-electron chi connectivity index (χ1n) is 12.1. The number of aromatic nitrogens is 2. The van der Waals surface area contributed by atoms with Gasteiger partial charge in [0.1, 0.15) is 30.0 Å². The monoisotopic (exact) mass is 504 g/mol. The standard InChI is InChI=1S/C27H28N4O6/c1-26(2,3)21-24-31-20(23-29-17(12-35-23)13-36-25(33)34-4)22(37-24)27(14-28)10-9-16-7-5-15(11-18(16)27)6-8-19(32)30-21/h5,7,11-12,21H,6,8-10,13H2,1-4H3,(H,30,32). The number of aryl methyl sites for hydroxylation is 2. The number of amides is 1. The molecule has 37 heavy (non-hydrogen) atoms. The first kappa shape index (κ1) is 24.6. The number of hydrogen-bond acceptors (Lipinski definition) is 9. The van der Waals surface area contributed by atoms with Gasteiger partial charge in [-0.1, -0.05) is 39.0 Å². The summed E-state index contributed by atoms with van der Waals surface area (Å²) in [5.41, 5.74) is 1.96. The van der Waals surface area contributed by atoms with Gasteiger partial charge in [0.25, 0.3) is 0 Å². The van der Waals surface area contributed by atoms with Crippen molar-refractivity contribution in [1.82, 2.24) is 15.3 Å². The number of methoxy groups -OCH3 is 1. The summed E-state index contributed by atoms with van der Waals surface area (Å²) in [5, 5.41) is 13.7. The molecule has 0 radical (unpaired) electrons. The smallest absolute Gasteiger partial charge is 0.443 e. The average molecular weight is 505 g/mol. The highest BCUT2D eigenvalue weighted by Gasteiger charge is 2.48. The number of nitrogens with zero attached hydrogens (tertiary/aromatic N) is 3. The maximum atomic E-state index is 12.9. The van der Waals surface area contributed by atoms with E-state index < -0.39 is 23.0 Å². The molecule has 2 atom stereocenters. The summed E-state index contributed by atoms with van der Waals surface area (Å²) < 4.78 is 21.6. The molecular formula is C27H28N4O6. The first-order chi connectivity index (χ1) is 17.6. The van der Waals surface area contributed by atoms with Gasteiger partial charge in [-0.15, -0.1) is 0 Å². The Hall–Kier alpha value is -4.13. The first-order valence-corrected chi connectivity index (χ1v) is 12.1. The van der Waals surface area contributed by atoms with E-state index in [1.54, 1.807) is 0 Å². The Bertz CT molecular complexity index is 1410. The Morgan fingerprint density at radius 1 is 1.27 bits per heavy atom. The second kappa shape index (κ2) is 9.07. The average Bonchev–Trinajstić information content (AvgIpc) is 3.60. The summed E-state index contributed by atoms with van der Waals surface area (Å²) >= 11 is 0. The van der Waals surface area contributed by atoms with Crippen LogP contribution in [0.25, 0.3) is 11.6 Å². The molecule has 3 heterocycles. The van der Waals surface area contributed by atoms with Crippen molar-refractivity contribution < 1.29 is 27.9 Å². The van der Waals surface area contributed by atoms with Gasteiger partial charge in [-0.05, 0) is 41.4 Å². The molecule has 1 N–H and O–H groups in total. The van der Waals surface area contributed by atoms with Crippen molar-refractivity contribution in [3.63, 3.8) is 0 Å². The Kier molecular flexibility index (Phi) is 6.02. The Balaban J connectivity index is 1.70. The molecule has 5 rings (SSSR count). The molecule has 10 nitrogen and oxygen atoms in total. The van der Waals surface area contributed by atoms with Crippen molar-refractivity contribution in [3.8, 4) is 17.7 Å². The van der Waals surface area contributed by atoms with Crippen molar-refractivity contribution >= 4 is 12.1 Å². The van der Waals surface area contributed by atoms with Crippen LogP contribution in [0.1, 0.15) is 73.7 Å². The number of carbonyl (C=O) groups excluding carboxylic acids is 2. The molecule has 1 aliphatic carbocycles. The van der Waals surface area contributed by atoms with Crippen molar-refractivity contribution in [2.24, 2.45) is 5.41 Å². The van der Waals surface area contributed by atoms with Crippen LogP contribution >= 0.6 is 0 Å². The van der Waals surface area contributed by atoms with Gasteiger partial charge in [-0.3, -0.25) is 4.79 Å². The number of nitriles is 1. The molecule has 10 heteroatoms. The highest BCUT2D eigenvalue weighted by atomic mass is 16.7. The van der Waals surface area contributed by atoms with Gasteiger partial charge in [0.15, 0.2) is 11.5 Å². The molecule has 0 saturated carbocycles. The Morgan fingerprint density at radius 2 is 2.08 bits per heavy atom. The molecule has 0 spiro atoms. The second-order valence-corrected chi connectivity index (χ2v) is 10.5. The number of hydrogen-bond donors (Lipinski definition) is 1. The van der Waals surface area contributed by atoms with E-state index in [1.165, 1.54) is 13.4 Å². The number of oxazole rings is 2. The minimum absolute atomic E-state index is 0.118. The lowest BCUT2D eigenvalue weighted by Crippen LogP contribution is -2.37. The third-order valence-corrected chi connectivity index (χ3v) is 6.94. The van der Waals surface area contributed by atoms with Crippen LogP contribution in [0.2, 0.25) is 0 Å². The van der Waals surface area contributed by atoms with E-state index in [1.807, 2.05) is 39.0 Å². The summed E-state index contributed by atoms with van der Waals surface area (Å²) in [6.07, 6.45) is 2.57. The number of ether oxygens (including phenoxy) is 2. The van der Waals surface area contributed by atoms with Gasteiger partial charge in [0, 0.05) is 6.42 Å². The molecule has 2 aliphatic rings. The molecule has 0 saturated heterocycles. The van der Waals surface area contributed by atoms with Gasteiger partial charge in [0.05, 0.1) is 13.2 Å². The van der Waals surface area contributed by atoms with E-state index in [2.05, 4.69) is 21.1 Å². The number of rotatable bonds is 3. The van der Waals surface area contributed by atoms with Crippen LogP contribution in [-0.2, 0) is 39.1 Å². The SMILES string of the molecule is COC(=O)OCc1coc(-c2nc3oc2C2(C#N)CCc4ccc(cc42)CCC(=O)NC3C(C)(C)C)n1. The van der Waals surface area contributed by atoms with Gasteiger partial charge in [-0.2, -0.15) is 5.26 Å². The molecule has 1 amide bonds. The second-order valence-electron chi connectivity index (χ2n) is 10.5. The van der Waals surface area contributed by atoms with Crippen LogP contribution in [0.4, 0.5) is 4.79 Å². The Morgan fingerprint density at radius 3 is 2.81 bits per heavy atom. The molecule has 3 aromatic rings. The molecule has 4 bridgehead atoms. The zero-order chi connectivity index (χ0) is 26.4. The quantitative estimate of drug-likeness (QED) is 0.510. The highest BCUT2D eigenvalue weighted by molar-refractivity contribution is 5.77. The maximum absolute atomic E-state index is 12.9. The number of nitrogens with one attached hydrogen (secondary N) is 1. The third kappa shape index (κ3) is 4.35. The lowest BCUT2D eigenvalue weighted by molar-refractivity contribution is -0.122. The predicted octanol–water partition coefficient (Wildman–Crippen LogP) is 4.52. The van der Waals surface area contributed by atoms with Gasteiger partial charge in [0.2, 0.25) is 17.7 Å². The molecule has 0 fully saturated rings. The minimum atomic E-state index is -1.10. The van der Waals surface area contributed by atoms with Gasteiger partial charge >= 0.3 is 6.16 Å². The van der Waals surface area contributed by atoms with Crippen LogP contribution in [0, 0.1) is 16.7 Å². The van der Waals surface area contributed by atoms with E-state index in [0.29, 0.717) is 37.1 Å². The minimum Gasteiger partial charge on any atom is -0.443 e. The van der Waals surface area contributed by atoms with Crippen molar-refractivity contribution in [2.45, 2.75) is 64.5 Å². The zero-order valence-corrected chi connectivity index (χ0v) is 21.2. The van der Waals surface area contributed by atoms with E-state index in [4.69, 9.17) is 18.6 Å². The predicted molar refractivity (Wildman–Crippen MR) is 129 cm³/mol. The van der Waals surface area contributed by atoms with E-state index in [9.17, 15) is 14.9 Å². The van der Waals surface area contributed by atoms with Crippen molar-refractivity contribution in [1.29, 1.82) is 5.26 Å². The number of fused-ring (bicyclic) bond motifs is 4. The summed E-state index contributed by atoms with van der Waals surface area (Å²) in [7, 11) is 1.22. The van der Waals surface area contributed by atoms with E-state index in [-0.39, 0.29) is 30.0 Å². The third-order valence-electron chi connectivity index (χ3n) is 6.94. The van der Waals surface area contributed by atoms with E-state index >= 15 is 0 Å². The lowest BCUT2D eigenvalue weighted by Gasteiger charge is -2.29. The van der Waals surface area contributed by atoms with Crippen LogP contribution < -0.4 is 5.32 Å². The highest BCUT2D eigenvalue weighted by Crippen LogP contribution is 2.49. The van der Waals surface area contributed by atoms with E-state index in [0.717, 1.165) is 16.7 Å². The molecule has 1 aliphatic heterocycles. The van der Waals surface area contributed by atoms with Crippen LogP contribution in [0.15, 0.2) is 33.3 Å². The number of benzene rings is 1. The van der Waals surface area contributed by atoms with Gasteiger partial charge in [-0.25, -0.2) is 14.8 Å². The van der Waals surface area contributed by atoms with Gasteiger partial charge < -0.3 is 23.6 Å². The number of carbonyl (C=O) groups is 2. The van der Waals surface area contributed by atoms with Crippen LogP contribution in [-0.4, -0.2) is 29.1 Å². The molecule has 2 unspecified atom stereocenters. The fourth-order valence-electron chi connectivity index (χ4n) is 4.96. The van der Waals surface area contributed by atoms with Crippen LogP contribution in [0.5, 0.6) is 0 Å². The summed E-state index contributed by atoms with van der Waals surface area (Å²) in [5.74, 6) is 0.609. The fraction of sp³-hybridized carbons (Fsp3) is 0.444. The summed E-state index contributed by atoms with van der Waals surface area (Å²) in [6.45, 7) is 5.79. The summed E-state index contributed by atoms with van der Waals surface area (Å²) in [4.78, 5) is 33.5. The fourth-order valence-corrected chi connectivity index (χ4v) is 4.96. The summed E-state index contributed by atoms with van der Waals surface area (Å²) in [6, 6.07) is 8.01. The molecule has 192 valence electrons. The maximum Gasteiger partial charge on any atom is 0.508 e. The van der Waals surface area contributed by atoms with Crippen LogP contribution in [0.3, 0.4) is 0 Å². The van der Waals surface area contributed by atoms with Crippen molar-refractivity contribution in [3.05, 3.63) is 58.5 Å². The zero-order valence-electron chi connectivity index (χ0n) is 21.2. The Labute approximate surface area is 214 Å². The molecule has 2 aromatic heterocycles. The normalized spacial score (nSPS) is 20.8. The topological polar surface area (TPSA) is 140 Å². The lowest BCUT2D eigenvalue weighted by atomic mass is 9.79. The largest absolute Gasteiger partial charge is 0.508 e.